The smallest absolute Gasteiger partial charge is 0.224 e. The van der Waals surface area contributed by atoms with Crippen LogP contribution in [0.3, 0.4) is 0 Å². The molecule has 4 aromatic rings. The zero-order valence-electron chi connectivity index (χ0n) is 18.7. The van der Waals surface area contributed by atoms with E-state index in [4.69, 9.17) is 4.74 Å². The molecule has 8 heteroatoms. The number of amides is 1. The highest BCUT2D eigenvalue weighted by Gasteiger charge is 2.15. The number of nitrogens with one attached hydrogen (secondary N) is 2. The summed E-state index contributed by atoms with van der Waals surface area (Å²) in [5.74, 6) is -0.0615. The van der Waals surface area contributed by atoms with Gasteiger partial charge in [-0.05, 0) is 60.0 Å². The molecular weight excluding hydrogens is 455 g/mol. The lowest BCUT2D eigenvalue weighted by atomic mass is 10.0. The van der Waals surface area contributed by atoms with Crippen molar-refractivity contribution in [3.05, 3.63) is 84.2 Å². The Morgan fingerprint density at radius 3 is 2.56 bits per heavy atom. The molecule has 2 N–H and O–H groups in total. The molecule has 1 aromatic heterocycles. The Bertz CT molecular complexity index is 1410. The number of anilines is 1. The number of H-pyrrole nitrogens is 1. The number of halogens is 1. The molecule has 0 saturated heterocycles. The number of hydrogen-bond acceptors (Lipinski definition) is 4. The summed E-state index contributed by atoms with van der Waals surface area (Å²) in [4.78, 5) is 16.1. The van der Waals surface area contributed by atoms with Crippen molar-refractivity contribution < 1.29 is 22.3 Å². The SMILES string of the molecule is CS(=O)(=O)CCOc1cccc(NC(=O)CCc2c(-c3ccc(F)cc3)[nH]c3ccccc23)c1. The summed E-state index contributed by atoms with van der Waals surface area (Å²) in [7, 11) is -3.11. The molecule has 0 fully saturated rings. The lowest BCUT2D eigenvalue weighted by molar-refractivity contribution is -0.116. The van der Waals surface area contributed by atoms with E-state index in [1.165, 1.54) is 12.1 Å². The predicted molar refractivity (Wildman–Crippen MR) is 132 cm³/mol. The number of ether oxygens (including phenoxy) is 1. The van der Waals surface area contributed by atoms with Gasteiger partial charge in [0.25, 0.3) is 0 Å². The number of benzene rings is 3. The zero-order chi connectivity index (χ0) is 24.1. The van der Waals surface area contributed by atoms with E-state index in [0.717, 1.165) is 34.0 Å². The van der Waals surface area contributed by atoms with Gasteiger partial charge in [-0.2, -0.15) is 0 Å². The number of carbonyl (C=O) groups excluding carboxylic acids is 1. The van der Waals surface area contributed by atoms with Crippen molar-refractivity contribution in [2.45, 2.75) is 12.8 Å². The number of hydrogen-bond donors (Lipinski definition) is 2. The average Bonchev–Trinajstić information content (AvgIpc) is 3.16. The number of aromatic amines is 1. The van der Waals surface area contributed by atoms with Crippen LogP contribution in [0.15, 0.2) is 72.8 Å². The number of para-hydroxylation sites is 1. The second kappa shape index (κ2) is 10.1. The standard InChI is InChI=1S/C26H25FN2O4S/c1-34(31,32)16-15-33-21-6-4-5-20(17-21)28-25(30)14-13-23-22-7-2-3-8-24(22)29-26(23)18-9-11-19(27)12-10-18/h2-12,17,29H,13-16H2,1H3,(H,28,30). The summed E-state index contributed by atoms with van der Waals surface area (Å²) in [6.07, 6.45) is 1.89. The van der Waals surface area contributed by atoms with Crippen LogP contribution < -0.4 is 10.1 Å². The van der Waals surface area contributed by atoms with E-state index in [2.05, 4.69) is 10.3 Å². The van der Waals surface area contributed by atoms with E-state index in [1.54, 1.807) is 36.4 Å². The molecule has 176 valence electrons. The first-order chi connectivity index (χ1) is 16.3. The van der Waals surface area contributed by atoms with E-state index in [0.29, 0.717) is 17.9 Å². The Morgan fingerprint density at radius 2 is 1.79 bits per heavy atom. The number of aromatic nitrogens is 1. The average molecular weight is 481 g/mol. The van der Waals surface area contributed by atoms with Crippen LogP contribution in [0.25, 0.3) is 22.2 Å². The van der Waals surface area contributed by atoms with Crippen LogP contribution >= 0.6 is 0 Å². The normalized spacial score (nSPS) is 11.5. The van der Waals surface area contributed by atoms with Crippen LogP contribution in [0.5, 0.6) is 5.75 Å². The Balaban J connectivity index is 1.45. The minimum absolute atomic E-state index is 0.0446. The summed E-state index contributed by atoms with van der Waals surface area (Å²) >= 11 is 0. The second-order valence-electron chi connectivity index (χ2n) is 8.09. The largest absolute Gasteiger partial charge is 0.492 e. The minimum atomic E-state index is -3.11. The van der Waals surface area contributed by atoms with Gasteiger partial charge in [-0.25, -0.2) is 12.8 Å². The van der Waals surface area contributed by atoms with Crippen molar-refractivity contribution in [1.82, 2.24) is 4.98 Å². The van der Waals surface area contributed by atoms with Crippen LogP contribution in [-0.2, 0) is 21.1 Å². The van der Waals surface area contributed by atoms with Crippen molar-refractivity contribution in [2.75, 3.05) is 23.9 Å². The first kappa shape index (κ1) is 23.5. The molecule has 1 amide bonds. The van der Waals surface area contributed by atoms with Crippen LogP contribution in [0.4, 0.5) is 10.1 Å². The lowest BCUT2D eigenvalue weighted by Gasteiger charge is -2.10. The maximum atomic E-state index is 13.4. The molecular formula is C26H25FN2O4S. The second-order valence-corrected chi connectivity index (χ2v) is 10.3. The van der Waals surface area contributed by atoms with Crippen molar-refractivity contribution in [3.63, 3.8) is 0 Å². The van der Waals surface area contributed by atoms with Gasteiger partial charge in [0.2, 0.25) is 5.91 Å². The van der Waals surface area contributed by atoms with Crippen molar-refractivity contribution >= 4 is 32.3 Å². The number of carbonyl (C=O) groups is 1. The first-order valence-corrected chi connectivity index (χ1v) is 12.9. The molecule has 0 aliphatic heterocycles. The Morgan fingerprint density at radius 1 is 1.03 bits per heavy atom. The van der Waals surface area contributed by atoms with Crippen molar-refractivity contribution in [3.8, 4) is 17.0 Å². The van der Waals surface area contributed by atoms with E-state index < -0.39 is 9.84 Å². The van der Waals surface area contributed by atoms with Gasteiger partial charge in [-0.1, -0.05) is 24.3 Å². The minimum Gasteiger partial charge on any atom is -0.492 e. The fraction of sp³-hybridized carbons (Fsp3) is 0.192. The fourth-order valence-electron chi connectivity index (χ4n) is 3.76. The van der Waals surface area contributed by atoms with E-state index >= 15 is 0 Å². The van der Waals surface area contributed by atoms with Crippen LogP contribution in [0.1, 0.15) is 12.0 Å². The quantitative estimate of drug-likeness (QED) is 0.354. The fourth-order valence-corrected chi connectivity index (χ4v) is 4.15. The van der Waals surface area contributed by atoms with Crippen LogP contribution in [0.2, 0.25) is 0 Å². The van der Waals surface area contributed by atoms with Gasteiger partial charge in [-0.3, -0.25) is 4.79 Å². The predicted octanol–water partition coefficient (Wildman–Crippen LogP) is 4.97. The van der Waals surface area contributed by atoms with Crippen LogP contribution in [0, 0.1) is 5.82 Å². The van der Waals surface area contributed by atoms with E-state index in [9.17, 15) is 17.6 Å². The number of fused-ring (bicyclic) bond motifs is 1. The van der Waals surface area contributed by atoms with E-state index in [-0.39, 0.29) is 30.5 Å². The summed E-state index contributed by atoms with van der Waals surface area (Å²) in [5.41, 5.74) is 4.24. The number of rotatable bonds is 9. The molecule has 0 bridgehead atoms. The lowest BCUT2D eigenvalue weighted by Crippen LogP contribution is -2.13. The molecule has 0 spiro atoms. The van der Waals surface area contributed by atoms with Gasteiger partial charge in [0.05, 0.1) is 5.75 Å². The Kier molecular flexibility index (Phi) is 6.98. The maximum absolute atomic E-state index is 13.4. The monoisotopic (exact) mass is 480 g/mol. The highest BCUT2D eigenvalue weighted by Crippen LogP contribution is 2.31. The molecule has 4 rings (SSSR count). The summed E-state index contributed by atoms with van der Waals surface area (Å²) < 4.78 is 41.4. The number of aryl methyl sites for hydroxylation is 1. The highest BCUT2D eigenvalue weighted by atomic mass is 32.2. The van der Waals surface area contributed by atoms with Gasteiger partial charge >= 0.3 is 0 Å². The molecule has 0 radical (unpaired) electrons. The molecule has 34 heavy (non-hydrogen) atoms. The summed E-state index contributed by atoms with van der Waals surface area (Å²) in [6.45, 7) is 0.0446. The highest BCUT2D eigenvalue weighted by molar-refractivity contribution is 7.90. The molecule has 1 heterocycles. The van der Waals surface area contributed by atoms with Gasteiger partial charge < -0.3 is 15.0 Å². The van der Waals surface area contributed by atoms with Gasteiger partial charge in [0, 0.05) is 41.0 Å². The van der Waals surface area contributed by atoms with Gasteiger partial charge in [-0.15, -0.1) is 0 Å². The summed E-state index contributed by atoms with van der Waals surface area (Å²) in [5, 5.41) is 3.89. The Hall–Kier alpha value is -3.65. The topological polar surface area (TPSA) is 88.3 Å². The van der Waals surface area contributed by atoms with Crippen LogP contribution in [-0.4, -0.2) is 37.9 Å². The third-order valence-corrected chi connectivity index (χ3v) is 6.30. The van der Waals surface area contributed by atoms with Gasteiger partial charge in [0.1, 0.15) is 18.2 Å². The number of sulfone groups is 1. The molecule has 0 aliphatic carbocycles. The third kappa shape index (κ3) is 6.02. The maximum Gasteiger partial charge on any atom is 0.224 e. The van der Waals surface area contributed by atoms with Gasteiger partial charge in [0.15, 0.2) is 9.84 Å². The molecule has 6 nitrogen and oxygen atoms in total. The molecule has 3 aromatic carbocycles. The Labute approximate surface area is 197 Å². The van der Waals surface area contributed by atoms with Crippen molar-refractivity contribution in [1.29, 1.82) is 0 Å². The molecule has 0 unspecified atom stereocenters. The van der Waals surface area contributed by atoms with E-state index in [1.807, 2.05) is 24.3 Å². The summed E-state index contributed by atoms with van der Waals surface area (Å²) in [6, 6.07) is 21.0. The zero-order valence-corrected chi connectivity index (χ0v) is 19.5. The molecule has 0 saturated carbocycles. The first-order valence-electron chi connectivity index (χ1n) is 10.8. The van der Waals surface area contributed by atoms with Crippen molar-refractivity contribution in [2.24, 2.45) is 0 Å². The molecule has 0 aliphatic rings. The molecule has 0 atom stereocenters. The third-order valence-electron chi connectivity index (χ3n) is 5.39.